The monoisotopic (exact) mass is 256 g/mol. The summed E-state index contributed by atoms with van der Waals surface area (Å²) in [6, 6.07) is 3.95. The van der Waals surface area contributed by atoms with Gasteiger partial charge in [-0.05, 0) is 12.1 Å². The van der Waals surface area contributed by atoms with Crippen LogP contribution in [0.3, 0.4) is 0 Å². The second kappa shape index (κ2) is 4.50. The molecule has 0 saturated heterocycles. The molecule has 3 N–H and O–H groups in total. The number of ether oxygens (including phenoxy) is 1. The number of carboxylic acid groups (broad SMARTS) is 1. The molecule has 6 nitrogen and oxygen atoms in total. The Balaban J connectivity index is 2.25. The van der Waals surface area contributed by atoms with Gasteiger partial charge in [-0.3, -0.25) is 4.79 Å². The Morgan fingerprint density at radius 2 is 2.35 bits per heavy atom. The van der Waals surface area contributed by atoms with Crippen LogP contribution in [0.5, 0.6) is 5.75 Å². The molecule has 0 aromatic heterocycles. The van der Waals surface area contributed by atoms with Gasteiger partial charge < -0.3 is 20.5 Å². The summed E-state index contributed by atoms with van der Waals surface area (Å²) in [6.45, 7) is -0.102. The van der Waals surface area contributed by atoms with Gasteiger partial charge in [-0.2, -0.15) is 0 Å². The minimum absolute atomic E-state index is 0.102. The average Bonchev–Trinajstić information content (AvgIpc) is 2.39. The van der Waals surface area contributed by atoms with E-state index in [1.807, 2.05) is 0 Å². The molecule has 90 valence electrons. The van der Waals surface area contributed by atoms with E-state index in [0.717, 1.165) is 0 Å². The van der Waals surface area contributed by atoms with Crippen molar-refractivity contribution in [2.75, 3.05) is 11.9 Å². The Morgan fingerprint density at radius 3 is 3.06 bits per heavy atom. The Morgan fingerprint density at radius 1 is 1.59 bits per heavy atom. The van der Waals surface area contributed by atoms with Gasteiger partial charge >= 0.3 is 6.09 Å². The number of amides is 2. The first-order valence-electron chi connectivity index (χ1n) is 4.79. The normalized spacial score (nSPS) is 18.4. The summed E-state index contributed by atoms with van der Waals surface area (Å²) in [4.78, 5) is 22.2. The van der Waals surface area contributed by atoms with Gasteiger partial charge in [0.05, 0.1) is 10.7 Å². The van der Waals surface area contributed by atoms with Crippen LogP contribution in [0.4, 0.5) is 10.5 Å². The number of nitrogens with one attached hydrogen (secondary N) is 2. The van der Waals surface area contributed by atoms with Gasteiger partial charge in [-0.25, -0.2) is 4.79 Å². The average molecular weight is 257 g/mol. The van der Waals surface area contributed by atoms with Gasteiger partial charge in [0.15, 0.2) is 5.75 Å². The zero-order chi connectivity index (χ0) is 12.4. The lowest BCUT2D eigenvalue weighted by atomic mass is 10.2. The van der Waals surface area contributed by atoms with Crippen molar-refractivity contribution in [3.05, 3.63) is 23.2 Å². The summed E-state index contributed by atoms with van der Waals surface area (Å²) in [5.74, 6) is -0.134. The number of para-hydroxylation sites is 1. The van der Waals surface area contributed by atoms with Crippen molar-refractivity contribution >= 4 is 29.3 Å². The van der Waals surface area contributed by atoms with E-state index in [2.05, 4.69) is 10.6 Å². The molecule has 2 amide bonds. The van der Waals surface area contributed by atoms with Gasteiger partial charge in [0.2, 0.25) is 0 Å². The highest BCUT2D eigenvalue weighted by Crippen LogP contribution is 2.34. The Labute approximate surface area is 102 Å². The van der Waals surface area contributed by atoms with Crippen LogP contribution in [0.2, 0.25) is 5.02 Å². The molecule has 0 spiro atoms. The third kappa shape index (κ3) is 2.42. The minimum Gasteiger partial charge on any atom is -0.487 e. The fourth-order valence-electron chi connectivity index (χ4n) is 1.47. The van der Waals surface area contributed by atoms with Gasteiger partial charge in [-0.15, -0.1) is 0 Å². The van der Waals surface area contributed by atoms with Gasteiger partial charge in [0, 0.05) is 0 Å². The lowest BCUT2D eigenvalue weighted by Gasteiger charge is -2.11. The maximum Gasteiger partial charge on any atom is 0.405 e. The number of carbonyl (C=O) groups excluding carboxylic acids is 1. The number of halogens is 1. The maximum atomic E-state index is 11.7. The van der Waals surface area contributed by atoms with Crippen LogP contribution in [0.1, 0.15) is 0 Å². The molecule has 0 unspecified atom stereocenters. The first kappa shape index (κ1) is 11.5. The maximum absolute atomic E-state index is 11.7. The number of hydrogen-bond donors (Lipinski definition) is 3. The largest absolute Gasteiger partial charge is 0.487 e. The van der Waals surface area contributed by atoms with Crippen LogP contribution in [0.25, 0.3) is 0 Å². The molecule has 1 aromatic carbocycles. The second-order valence-corrected chi connectivity index (χ2v) is 3.83. The molecular weight excluding hydrogens is 248 g/mol. The van der Waals surface area contributed by atoms with E-state index >= 15 is 0 Å². The number of fused-ring (bicyclic) bond motifs is 1. The van der Waals surface area contributed by atoms with Crippen molar-refractivity contribution in [2.24, 2.45) is 0 Å². The molecule has 0 fully saturated rings. The molecular formula is C10H9ClN2O4. The molecule has 1 atom stereocenters. The van der Waals surface area contributed by atoms with E-state index in [9.17, 15) is 9.59 Å². The predicted octanol–water partition coefficient (Wildman–Crippen LogP) is 1.31. The summed E-state index contributed by atoms with van der Waals surface area (Å²) in [7, 11) is 0. The number of benzene rings is 1. The fraction of sp³-hybridized carbons (Fsp3) is 0.200. The zero-order valence-corrected chi connectivity index (χ0v) is 9.32. The fourth-order valence-corrected chi connectivity index (χ4v) is 1.70. The van der Waals surface area contributed by atoms with E-state index in [4.69, 9.17) is 21.4 Å². The topological polar surface area (TPSA) is 87.7 Å². The molecule has 2 rings (SSSR count). The number of carbonyl (C=O) groups is 2. The molecule has 0 aliphatic carbocycles. The van der Waals surface area contributed by atoms with Gasteiger partial charge in [0.25, 0.3) is 5.91 Å². The van der Waals surface area contributed by atoms with E-state index in [-0.39, 0.29) is 6.61 Å². The van der Waals surface area contributed by atoms with E-state index in [0.29, 0.717) is 16.5 Å². The van der Waals surface area contributed by atoms with Crippen LogP contribution < -0.4 is 15.4 Å². The number of rotatable bonds is 1. The van der Waals surface area contributed by atoms with Crippen molar-refractivity contribution in [1.82, 2.24) is 5.32 Å². The Bertz CT molecular complexity index is 477. The molecule has 1 heterocycles. The van der Waals surface area contributed by atoms with Crippen molar-refractivity contribution in [3.63, 3.8) is 0 Å². The molecule has 17 heavy (non-hydrogen) atoms. The number of hydrogen-bond acceptors (Lipinski definition) is 3. The van der Waals surface area contributed by atoms with Gasteiger partial charge in [0.1, 0.15) is 12.6 Å². The first-order valence-corrected chi connectivity index (χ1v) is 5.17. The van der Waals surface area contributed by atoms with Gasteiger partial charge in [-0.1, -0.05) is 17.7 Å². The van der Waals surface area contributed by atoms with E-state index in [1.165, 1.54) is 0 Å². The third-order valence-corrected chi connectivity index (χ3v) is 2.53. The van der Waals surface area contributed by atoms with Crippen LogP contribution in [0.15, 0.2) is 18.2 Å². The zero-order valence-electron chi connectivity index (χ0n) is 8.57. The van der Waals surface area contributed by atoms with Crippen molar-refractivity contribution in [3.8, 4) is 5.75 Å². The Hall–Kier alpha value is -1.95. The molecule has 7 heteroatoms. The van der Waals surface area contributed by atoms with E-state index < -0.39 is 18.0 Å². The summed E-state index contributed by atoms with van der Waals surface area (Å²) in [5.41, 5.74) is 0.428. The molecule has 1 aromatic rings. The molecule has 0 saturated carbocycles. The van der Waals surface area contributed by atoms with Crippen molar-refractivity contribution in [1.29, 1.82) is 0 Å². The highest BCUT2D eigenvalue weighted by atomic mass is 35.5. The highest BCUT2D eigenvalue weighted by molar-refractivity contribution is 6.32. The molecule has 0 bridgehead atoms. The minimum atomic E-state index is -1.29. The quantitative estimate of drug-likeness (QED) is 0.707. The van der Waals surface area contributed by atoms with Crippen LogP contribution in [-0.2, 0) is 4.79 Å². The second-order valence-electron chi connectivity index (χ2n) is 3.42. The summed E-state index contributed by atoms with van der Waals surface area (Å²) in [5, 5.41) is 13.5. The predicted molar refractivity (Wildman–Crippen MR) is 60.5 cm³/mol. The van der Waals surface area contributed by atoms with Crippen molar-refractivity contribution in [2.45, 2.75) is 6.04 Å². The lowest BCUT2D eigenvalue weighted by molar-refractivity contribution is -0.118. The summed E-state index contributed by atoms with van der Waals surface area (Å²) < 4.78 is 5.32. The number of anilines is 1. The van der Waals surface area contributed by atoms with E-state index in [1.54, 1.807) is 18.2 Å². The first-order chi connectivity index (χ1) is 8.08. The third-order valence-electron chi connectivity index (χ3n) is 2.23. The van der Waals surface area contributed by atoms with Crippen LogP contribution >= 0.6 is 11.6 Å². The Kier molecular flexibility index (Phi) is 3.06. The molecule has 1 aliphatic rings. The van der Waals surface area contributed by atoms with Crippen LogP contribution in [-0.4, -0.2) is 29.8 Å². The summed E-state index contributed by atoms with van der Waals surface area (Å²) >= 11 is 5.90. The summed E-state index contributed by atoms with van der Waals surface area (Å²) in [6.07, 6.45) is -1.29. The standard InChI is InChI=1S/C10H9ClN2O4/c11-5-2-1-3-6-8(5)17-4-7(9(14)12-6)13-10(15)16/h1-3,7,13H,4H2,(H,12,14)(H,15,16)/t7-/m0/s1. The highest BCUT2D eigenvalue weighted by Gasteiger charge is 2.26. The molecule has 0 radical (unpaired) electrons. The molecule has 1 aliphatic heterocycles. The van der Waals surface area contributed by atoms with Crippen LogP contribution in [0, 0.1) is 0 Å². The van der Waals surface area contributed by atoms with Crippen molar-refractivity contribution < 1.29 is 19.4 Å². The SMILES string of the molecule is O=C(O)N[C@H]1COc2c(Cl)cccc2NC1=O. The smallest absolute Gasteiger partial charge is 0.405 e. The lowest BCUT2D eigenvalue weighted by Crippen LogP contribution is -2.45.